The van der Waals surface area contributed by atoms with Gasteiger partial charge >= 0.3 is 0 Å². The predicted molar refractivity (Wildman–Crippen MR) is 80.4 cm³/mol. The second-order valence-corrected chi connectivity index (χ2v) is 4.73. The van der Waals surface area contributed by atoms with Crippen molar-refractivity contribution in [1.29, 1.82) is 0 Å². The minimum Gasteiger partial charge on any atom is -0.287 e. The zero-order valence-electron chi connectivity index (χ0n) is 9.04. The Morgan fingerprint density at radius 1 is 1.12 bits per heavy atom. The van der Waals surface area contributed by atoms with Gasteiger partial charge in [0.15, 0.2) is 12.4 Å². The Labute approximate surface area is 125 Å². The van der Waals surface area contributed by atoms with Gasteiger partial charge in [-0.25, -0.2) is 0 Å². The lowest BCUT2D eigenvalue weighted by molar-refractivity contribution is -0.683. The summed E-state index contributed by atoms with van der Waals surface area (Å²) in [5.74, 6) is 0.134. The molecule has 0 amide bonds. The van der Waals surface area contributed by atoms with Crippen molar-refractivity contribution in [2.24, 2.45) is 0 Å². The number of benzene rings is 1. The Morgan fingerprint density at radius 2 is 1.82 bits per heavy atom. The van der Waals surface area contributed by atoms with Gasteiger partial charge in [0.05, 0.1) is 0 Å². The molecule has 2 rings (SSSR count). The zero-order chi connectivity index (χ0) is 11.4. The normalized spacial score (nSPS) is 9.47. The number of carbonyl (C=O) groups excluding carboxylic acids is 1. The van der Waals surface area contributed by atoms with Crippen LogP contribution in [0.5, 0.6) is 0 Å². The second kappa shape index (κ2) is 6.86. The van der Waals surface area contributed by atoms with Crippen molar-refractivity contribution >= 4 is 45.4 Å². The Bertz CT molecular complexity index is 502. The van der Waals surface area contributed by atoms with Crippen molar-refractivity contribution in [3.63, 3.8) is 0 Å². The van der Waals surface area contributed by atoms with Crippen LogP contribution in [0.3, 0.4) is 0 Å². The van der Waals surface area contributed by atoms with E-state index in [9.17, 15) is 4.79 Å². The van der Waals surface area contributed by atoms with Gasteiger partial charge in [0, 0.05) is 21.3 Å². The minimum absolute atomic E-state index is 0. The summed E-state index contributed by atoms with van der Waals surface area (Å²) in [5, 5.41) is 0. The predicted octanol–water partition coefficient (Wildman–Crippen LogP) is 3.04. The maximum atomic E-state index is 11.9. The van der Waals surface area contributed by atoms with Gasteiger partial charge in [0.1, 0.15) is 0 Å². The average molecular weight is 405 g/mol. The first kappa shape index (κ1) is 14.3. The molecule has 0 bridgehead atoms. The molecule has 0 aliphatic rings. The van der Waals surface area contributed by atoms with Crippen LogP contribution in [0.2, 0.25) is 0 Å². The molecule has 2 aromatic rings. The van der Waals surface area contributed by atoms with Gasteiger partial charge in [-0.1, -0.05) is 18.2 Å². The molecular formula is C13H12BrINO+. The molecule has 0 radical (unpaired) electrons. The third kappa shape index (κ3) is 4.20. The third-order valence-corrected chi connectivity index (χ3v) is 2.92. The molecule has 1 aromatic heterocycles. The fourth-order valence-electron chi connectivity index (χ4n) is 1.46. The summed E-state index contributed by atoms with van der Waals surface area (Å²) >= 11 is 2.21. The minimum atomic E-state index is 0. The van der Waals surface area contributed by atoms with Crippen molar-refractivity contribution in [3.8, 4) is 0 Å². The number of carbonyl (C=O) groups is 1. The molecule has 17 heavy (non-hydrogen) atoms. The van der Waals surface area contributed by atoms with E-state index in [4.69, 9.17) is 0 Å². The molecule has 0 spiro atoms. The van der Waals surface area contributed by atoms with Crippen molar-refractivity contribution < 1.29 is 9.36 Å². The van der Waals surface area contributed by atoms with E-state index in [-0.39, 0.29) is 22.8 Å². The fourth-order valence-corrected chi connectivity index (χ4v) is 2.00. The third-order valence-electron chi connectivity index (χ3n) is 2.25. The SMILES string of the molecule is Br.O=C(C[n+]1ccccc1)c1cccc(I)c1. The highest BCUT2D eigenvalue weighted by Gasteiger charge is 2.11. The van der Waals surface area contributed by atoms with Gasteiger partial charge in [0.25, 0.3) is 0 Å². The molecular weight excluding hydrogens is 393 g/mol. The Kier molecular flexibility index (Phi) is 5.77. The van der Waals surface area contributed by atoms with Crippen molar-refractivity contribution in [1.82, 2.24) is 0 Å². The summed E-state index contributed by atoms with van der Waals surface area (Å²) in [4.78, 5) is 11.9. The highest BCUT2D eigenvalue weighted by atomic mass is 127. The summed E-state index contributed by atoms with van der Waals surface area (Å²) in [6.07, 6.45) is 3.79. The molecule has 1 heterocycles. The van der Waals surface area contributed by atoms with Gasteiger partial charge in [-0.05, 0) is 34.7 Å². The van der Waals surface area contributed by atoms with Crippen LogP contribution in [0.15, 0.2) is 54.9 Å². The second-order valence-electron chi connectivity index (χ2n) is 3.48. The van der Waals surface area contributed by atoms with Gasteiger partial charge in [0.2, 0.25) is 12.3 Å². The molecule has 0 unspecified atom stereocenters. The van der Waals surface area contributed by atoms with Crippen molar-refractivity contribution in [3.05, 3.63) is 64.0 Å². The number of nitrogens with zero attached hydrogens (tertiary/aromatic N) is 1. The van der Waals surface area contributed by atoms with Crippen LogP contribution in [0.4, 0.5) is 0 Å². The first-order valence-corrected chi connectivity index (χ1v) is 6.06. The molecule has 0 aliphatic carbocycles. The van der Waals surface area contributed by atoms with E-state index >= 15 is 0 Å². The maximum Gasteiger partial charge on any atom is 0.227 e. The van der Waals surface area contributed by atoms with E-state index in [1.54, 1.807) is 0 Å². The molecule has 1 aromatic carbocycles. The number of Topliss-reactive ketones (excluding diaryl/α,β-unsaturated/α-hetero) is 1. The molecule has 4 heteroatoms. The number of hydrogen-bond acceptors (Lipinski definition) is 1. The lowest BCUT2D eigenvalue weighted by atomic mass is 10.1. The van der Waals surface area contributed by atoms with Crippen molar-refractivity contribution in [2.45, 2.75) is 6.54 Å². The standard InChI is InChI=1S/C13H11INO.BrH/c14-12-6-4-5-11(9-12)13(16)10-15-7-2-1-3-8-15;/h1-9H,10H2;1H/q+1;. The molecule has 0 saturated carbocycles. The van der Waals surface area contributed by atoms with Crippen LogP contribution in [0.25, 0.3) is 0 Å². The molecule has 2 nitrogen and oxygen atoms in total. The van der Waals surface area contributed by atoms with E-state index in [1.165, 1.54) is 0 Å². The van der Waals surface area contributed by atoms with E-state index in [0.29, 0.717) is 6.54 Å². The van der Waals surface area contributed by atoms with Crippen LogP contribution < -0.4 is 4.57 Å². The van der Waals surface area contributed by atoms with Crippen molar-refractivity contribution in [2.75, 3.05) is 0 Å². The molecule has 0 aliphatic heterocycles. The molecule has 0 N–H and O–H groups in total. The van der Waals surface area contributed by atoms with Gasteiger partial charge in [-0.3, -0.25) is 4.79 Å². The van der Waals surface area contributed by atoms with Crippen LogP contribution in [0, 0.1) is 3.57 Å². The van der Waals surface area contributed by atoms with E-state index in [1.807, 2.05) is 59.4 Å². The first-order chi connectivity index (χ1) is 7.75. The number of pyridine rings is 1. The van der Waals surface area contributed by atoms with E-state index < -0.39 is 0 Å². The lowest BCUT2D eigenvalue weighted by Gasteiger charge is -1.98. The monoisotopic (exact) mass is 404 g/mol. The summed E-state index contributed by atoms with van der Waals surface area (Å²) in [5.41, 5.74) is 0.767. The number of aromatic nitrogens is 1. The van der Waals surface area contributed by atoms with Gasteiger partial charge in [-0.2, -0.15) is 4.57 Å². The molecule has 0 saturated heterocycles. The number of rotatable bonds is 3. The van der Waals surface area contributed by atoms with Gasteiger partial charge < -0.3 is 0 Å². The zero-order valence-corrected chi connectivity index (χ0v) is 12.9. The number of hydrogen-bond donors (Lipinski definition) is 0. The van der Waals surface area contributed by atoms with Gasteiger partial charge in [-0.15, -0.1) is 17.0 Å². The Morgan fingerprint density at radius 3 is 2.47 bits per heavy atom. The lowest BCUT2D eigenvalue weighted by Crippen LogP contribution is -2.36. The topological polar surface area (TPSA) is 20.9 Å². The van der Waals surface area contributed by atoms with Crippen LogP contribution in [-0.2, 0) is 6.54 Å². The van der Waals surface area contributed by atoms with E-state index in [2.05, 4.69) is 22.6 Å². The molecule has 0 fully saturated rings. The highest BCUT2D eigenvalue weighted by Crippen LogP contribution is 2.08. The Hall–Kier alpha value is -0.750. The van der Waals surface area contributed by atoms with Crippen LogP contribution >= 0.6 is 39.6 Å². The fraction of sp³-hybridized carbons (Fsp3) is 0.0769. The largest absolute Gasteiger partial charge is 0.287 e. The van der Waals surface area contributed by atoms with Crippen LogP contribution in [-0.4, -0.2) is 5.78 Å². The Balaban J connectivity index is 0.00000144. The summed E-state index contributed by atoms with van der Waals surface area (Å²) in [7, 11) is 0. The highest BCUT2D eigenvalue weighted by molar-refractivity contribution is 14.1. The smallest absolute Gasteiger partial charge is 0.227 e. The summed E-state index contributed by atoms with van der Waals surface area (Å²) in [6, 6.07) is 13.4. The van der Waals surface area contributed by atoms with Crippen LogP contribution in [0.1, 0.15) is 10.4 Å². The first-order valence-electron chi connectivity index (χ1n) is 4.98. The quantitative estimate of drug-likeness (QED) is 0.437. The molecule has 88 valence electrons. The summed E-state index contributed by atoms with van der Waals surface area (Å²) in [6.45, 7) is 0.390. The molecule has 0 atom stereocenters. The average Bonchev–Trinajstić information content (AvgIpc) is 2.30. The number of ketones is 1. The maximum absolute atomic E-state index is 11.9. The summed E-state index contributed by atoms with van der Waals surface area (Å²) < 4.78 is 2.96. The number of halogens is 2. The van der Waals surface area contributed by atoms with E-state index in [0.717, 1.165) is 9.13 Å².